The number of benzene rings is 2. The van der Waals surface area contributed by atoms with Crippen molar-refractivity contribution in [1.82, 2.24) is 4.98 Å². The van der Waals surface area contributed by atoms with Gasteiger partial charge in [-0.25, -0.2) is 9.37 Å². The van der Waals surface area contributed by atoms with E-state index in [1.807, 2.05) is 0 Å². The fourth-order valence-corrected chi connectivity index (χ4v) is 2.72. The van der Waals surface area contributed by atoms with Gasteiger partial charge in [0, 0.05) is 22.7 Å². The quantitative estimate of drug-likeness (QED) is 0.669. The van der Waals surface area contributed by atoms with Crippen molar-refractivity contribution in [3.05, 3.63) is 53.2 Å². The van der Waals surface area contributed by atoms with Crippen LogP contribution in [0.5, 0.6) is 11.5 Å². The van der Waals surface area contributed by atoms with Gasteiger partial charge in [0.15, 0.2) is 5.13 Å². The molecule has 1 aromatic heterocycles. The Kier molecular flexibility index (Phi) is 3.68. The first-order chi connectivity index (χ1) is 10.5. The first-order valence-corrected chi connectivity index (χ1v) is 7.42. The minimum Gasteiger partial charge on any atom is -0.508 e. The Morgan fingerprint density at radius 1 is 1.14 bits per heavy atom. The van der Waals surface area contributed by atoms with Crippen molar-refractivity contribution in [3.63, 3.8) is 0 Å². The molecule has 0 amide bonds. The van der Waals surface area contributed by atoms with E-state index >= 15 is 0 Å². The summed E-state index contributed by atoms with van der Waals surface area (Å²) < 4.78 is 13.5. The Bertz CT molecular complexity index is 833. The van der Waals surface area contributed by atoms with Gasteiger partial charge < -0.3 is 15.5 Å². The lowest BCUT2D eigenvalue weighted by Crippen LogP contribution is -1.92. The Labute approximate surface area is 130 Å². The van der Waals surface area contributed by atoms with Crippen LogP contribution in [0, 0.1) is 12.7 Å². The molecule has 0 aliphatic heterocycles. The molecule has 3 aromatic rings. The molecule has 1 heterocycles. The largest absolute Gasteiger partial charge is 0.508 e. The molecule has 6 heteroatoms. The number of rotatable bonds is 3. The zero-order chi connectivity index (χ0) is 15.7. The number of halogens is 1. The number of nitrogens with one attached hydrogen (secondary N) is 1. The van der Waals surface area contributed by atoms with Crippen LogP contribution in [0.2, 0.25) is 0 Å². The van der Waals surface area contributed by atoms with Gasteiger partial charge >= 0.3 is 0 Å². The predicted octanol–water partition coefficient (Wildman–Crippen LogP) is 4.41. The highest BCUT2D eigenvalue weighted by Crippen LogP contribution is 2.34. The zero-order valence-electron chi connectivity index (χ0n) is 11.7. The van der Waals surface area contributed by atoms with Crippen molar-refractivity contribution in [3.8, 4) is 22.8 Å². The summed E-state index contributed by atoms with van der Waals surface area (Å²) in [5, 5.41) is 24.5. The third kappa shape index (κ3) is 2.87. The number of anilines is 2. The van der Waals surface area contributed by atoms with Gasteiger partial charge in [-0.05, 0) is 36.8 Å². The molecule has 0 saturated carbocycles. The molecular formula is C16H13FN2O2S. The number of aromatic hydroxyl groups is 2. The predicted molar refractivity (Wildman–Crippen MR) is 85.3 cm³/mol. The lowest BCUT2D eigenvalue weighted by Gasteiger charge is -2.04. The summed E-state index contributed by atoms with van der Waals surface area (Å²) in [6, 6.07) is 9.22. The summed E-state index contributed by atoms with van der Waals surface area (Å²) in [4.78, 5) is 4.36. The first kappa shape index (κ1) is 14.3. The molecule has 0 bridgehead atoms. The molecule has 0 aliphatic carbocycles. The third-order valence-electron chi connectivity index (χ3n) is 3.18. The van der Waals surface area contributed by atoms with Gasteiger partial charge in [0.05, 0.1) is 5.69 Å². The van der Waals surface area contributed by atoms with Crippen molar-refractivity contribution in [2.75, 3.05) is 5.32 Å². The fraction of sp³-hybridized carbons (Fsp3) is 0.0625. The van der Waals surface area contributed by atoms with Crippen molar-refractivity contribution >= 4 is 22.2 Å². The SMILES string of the molecule is Cc1ccc(Nc2nc(-c3ccc(O)cc3O)cs2)cc1F. The summed E-state index contributed by atoms with van der Waals surface area (Å²) in [5.41, 5.74) is 2.30. The van der Waals surface area contributed by atoms with Crippen LogP contribution in [0.15, 0.2) is 41.8 Å². The van der Waals surface area contributed by atoms with Crippen molar-refractivity contribution in [2.45, 2.75) is 6.92 Å². The zero-order valence-corrected chi connectivity index (χ0v) is 12.5. The molecule has 22 heavy (non-hydrogen) atoms. The molecule has 112 valence electrons. The molecule has 0 unspecified atom stereocenters. The number of aromatic nitrogens is 1. The maximum atomic E-state index is 13.5. The Morgan fingerprint density at radius 2 is 1.95 bits per heavy atom. The molecule has 0 radical (unpaired) electrons. The molecule has 4 nitrogen and oxygen atoms in total. The van der Waals surface area contributed by atoms with Crippen LogP contribution in [0.3, 0.4) is 0 Å². The van der Waals surface area contributed by atoms with Gasteiger partial charge in [-0.2, -0.15) is 0 Å². The van der Waals surface area contributed by atoms with Crippen LogP contribution < -0.4 is 5.32 Å². The number of aryl methyl sites for hydroxylation is 1. The maximum absolute atomic E-state index is 13.5. The van der Waals surface area contributed by atoms with E-state index in [4.69, 9.17) is 0 Å². The van der Waals surface area contributed by atoms with Gasteiger partial charge in [-0.3, -0.25) is 0 Å². The second-order valence-electron chi connectivity index (χ2n) is 4.83. The van der Waals surface area contributed by atoms with E-state index in [-0.39, 0.29) is 17.3 Å². The van der Waals surface area contributed by atoms with Gasteiger partial charge in [0.25, 0.3) is 0 Å². The smallest absolute Gasteiger partial charge is 0.187 e. The molecule has 0 aliphatic rings. The molecular weight excluding hydrogens is 303 g/mol. The van der Waals surface area contributed by atoms with Crippen molar-refractivity contribution < 1.29 is 14.6 Å². The molecule has 3 N–H and O–H groups in total. The lowest BCUT2D eigenvalue weighted by molar-refractivity contribution is 0.452. The van der Waals surface area contributed by atoms with E-state index in [2.05, 4.69) is 10.3 Å². The topological polar surface area (TPSA) is 65.4 Å². The van der Waals surface area contributed by atoms with Crippen LogP contribution in [-0.2, 0) is 0 Å². The molecule has 0 atom stereocenters. The summed E-state index contributed by atoms with van der Waals surface area (Å²) >= 11 is 1.34. The summed E-state index contributed by atoms with van der Waals surface area (Å²) in [6.45, 7) is 1.70. The third-order valence-corrected chi connectivity index (χ3v) is 3.94. The number of phenols is 2. The highest BCUT2D eigenvalue weighted by atomic mass is 32.1. The standard InChI is InChI=1S/C16H13FN2O2S/c1-9-2-3-10(6-13(9)17)18-16-19-14(8-22-16)12-5-4-11(20)7-15(12)21/h2-8,20-21H,1H3,(H,18,19). The summed E-state index contributed by atoms with van der Waals surface area (Å²) in [6.07, 6.45) is 0. The molecule has 0 spiro atoms. The van der Waals surface area contributed by atoms with Crippen LogP contribution in [0.25, 0.3) is 11.3 Å². The van der Waals surface area contributed by atoms with E-state index in [9.17, 15) is 14.6 Å². The van der Waals surface area contributed by atoms with E-state index in [0.29, 0.717) is 27.6 Å². The minimum absolute atomic E-state index is 0.00930. The van der Waals surface area contributed by atoms with Crippen molar-refractivity contribution in [2.24, 2.45) is 0 Å². The lowest BCUT2D eigenvalue weighted by atomic mass is 10.1. The fourth-order valence-electron chi connectivity index (χ4n) is 1.99. The number of nitrogens with zero attached hydrogens (tertiary/aromatic N) is 1. The minimum atomic E-state index is -0.280. The number of phenolic OH excluding ortho intramolecular Hbond substituents is 2. The van der Waals surface area contributed by atoms with Crippen LogP contribution >= 0.6 is 11.3 Å². The highest BCUT2D eigenvalue weighted by molar-refractivity contribution is 7.14. The van der Waals surface area contributed by atoms with Gasteiger partial charge in [-0.15, -0.1) is 11.3 Å². The molecule has 0 fully saturated rings. The van der Waals surface area contributed by atoms with E-state index in [1.165, 1.54) is 29.5 Å². The second kappa shape index (κ2) is 5.65. The Balaban J connectivity index is 1.85. The monoisotopic (exact) mass is 316 g/mol. The average Bonchev–Trinajstić information content (AvgIpc) is 2.91. The molecule has 2 aromatic carbocycles. The average molecular weight is 316 g/mol. The Morgan fingerprint density at radius 3 is 2.68 bits per heavy atom. The summed E-state index contributed by atoms with van der Waals surface area (Å²) in [7, 11) is 0. The Hall–Kier alpha value is -2.60. The summed E-state index contributed by atoms with van der Waals surface area (Å²) in [5.74, 6) is -0.332. The normalized spacial score (nSPS) is 10.6. The number of hydrogen-bond acceptors (Lipinski definition) is 5. The van der Waals surface area contributed by atoms with E-state index in [1.54, 1.807) is 30.5 Å². The number of hydrogen-bond donors (Lipinski definition) is 3. The van der Waals surface area contributed by atoms with Gasteiger partial charge in [-0.1, -0.05) is 6.07 Å². The first-order valence-electron chi connectivity index (χ1n) is 6.54. The number of thiazole rings is 1. The van der Waals surface area contributed by atoms with Crippen LogP contribution in [0.1, 0.15) is 5.56 Å². The van der Waals surface area contributed by atoms with E-state index in [0.717, 1.165) is 0 Å². The second-order valence-corrected chi connectivity index (χ2v) is 5.69. The maximum Gasteiger partial charge on any atom is 0.187 e. The van der Waals surface area contributed by atoms with Gasteiger partial charge in [0.2, 0.25) is 0 Å². The van der Waals surface area contributed by atoms with Crippen molar-refractivity contribution in [1.29, 1.82) is 0 Å². The van der Waals surface area contributed by atoms with Crippen LogP contribution in [-0.4, -0.2) is 15.2 Å². The molecule has 3 rings (SSSR count). The van der Waals surface area contributed by atoms with Gasteiger partial charge in [0.1, 0.15) is 17.3 Å². The highest BCUT2D eigenvalue weighted by Gasteiger charge is 2.10. The molecule has 0 saturated heterocycles. The van der Waals surface area contributed by atoms with Crippen LogP contribution in [0.4, 0.5) is 15.2 Å². The van der Waals surface area contributed by atoms with E-state index < -0.39 is 0 Å².